The molecular weight excluding hydrogens is 441 g/mol. The lowest BCUT2D eigenvalue weighted by molar-refractivity contribution is -0.534. The molecule has 0 radical (unpaired) electrons. The summed E-state index contributed by atoms with van der Waals surface area (Å²) in [5.41, 5.74) is -0.706. The van der Waals surface area contributed by atoms with Gasteiger partial charge in [-0.3, -0.25) is 10.1 Å². The molecule has 11 heteroatoms. The summed E-state index contributed by atoms with van der Waals surface area (Å²) >= 11 is 5.85. The molecule has 2 atom stereocenters. The molecule has 2 rings (SSSR count). The number of alkyl carbamates (subject to hydrolysis) is 1. The first-order valence-corrected chi connectivity index (χ1v) is 9.37. The number of amides is 1. The number of carbonyl (C=O) groups excluding carboxylic acids is 1. The molecule has 31 heavy (non-hydrogen) atoms. The number of rotatable bonds is 6. The van der Waals surface area contributed by atoms with E-state index in [0.717, 1.165) is 12.1 Å². The highest BCUT2D eigenvalue weighted by Gasteiger charge is 2.38. The van der Waals surface area contributed by atoms with E-state index in [4.69, 9.17) is 16.3 Å². The topological polar surface area (TPSA) is 90.7 Å². The van der Waals surface area contributed by atoms with Crippen LogP contribution < -0.4 is 10.1 Å². The van der Waals surface area contributed by atoms with Crippen LogP contribution in [0.4, 0.5) is 18.0 Å². The van der Waals surface area contributed by atoms with Gasteiger partial charge in [-0.25, -0.2) is 4.79 Å². The highest BCUT2D eigenvalue weighted by atomic mass is 35.5. The predicted octanol–water partition coefficient (Wildman–Crippen LogP) is 5.82. The maximum Gasteiger partial charge on any atom is 0.573 e. The van der Waals surface area contributed by atoms with E-state index in [1.165, 1.54) is 36.4 Å². The quantitative estimate of drug-likeness (QED) is 0.433. The normalized spacial score (nSPS) is 13.8. The second-order valence-electron chi connectivity index (χ2n) is 7.53. The third-order valence-corrected chi connectivity index (χ3v) is 4.13. The third kappa shape index (κ3) is 7.63. The summed E-state index contributed by atoms with van der Waals surface area (Å²) in [5, 5.41) is 14.7. The van der Waals surface area contributed by atoms with Crippen LogP contribution in [0.2, 0.25) is 5.02 Å². The molecule has 1 N–H and O–H groups in total. The van der Waals surface area contributed by atoms with E-state index in [2.05, 4.69) is 10.1 Å². The lowest BCUT2D eigenvalue weighted by atomic mass is 9.93. The Kier molecular flexibility index (Phi) is 7.37. The van der Waals surface area contributed by atoms with Crippen molar-refractivity contribution >= 4 is 17.7 Å². The molecule has 0 aliphatic heterocycles. The van der Waals surface area contributed by atoms with Crippen LogP contribution in [-0.4, -0.2) is 23.0 Å². The summed E-state index contributed by atoms with van der Waals surface area (Å²) in [6.07, 6.45) is -5.92. The summed E-state index contributed by atoms with van der Waals surface area (Å²) in [4.78, 5) is 23.7. The number of halogens is 4. The fraction of sp³-hybridized carbons (Fsp3) is 0.350. The first-order valence-electron chi connectivity index (χ1n) is 8.99. The van der Waals surface area contributed by atoms with E-state index in [1.807, 2.05) is 0 Å². The fourth-order valence-electron chi connectivity index (χ4n) is 2.78. The van der Waals surface area contributed by atoms with Crippen LogP contribution in [0.3, 0.4) is 0 Å². The second kappa shape index (κ2) is 9.42. The van der Waals surface area contributed by atoms with Crippen molar-refractivity contribution in [2.24, 2.45) is 0 Å². The molecule has 2 aromatic rings. The minimum atomic E-state index is -4.95. The molecule has 0 unspecified atom stereocenters. The van der Waals surface area contributed by atoms with Crippen molar-refractivity contribution in [3.63, 3.8) is 0 Å². The van der Waals surface area contributed by atoms with E-state index in [-0.39, 0.29) is 11.1 Å². The predicted molar refractivity (Wildman–Crippen MR) is 106 cm³/mol. The van der Waals surface area contributed by atoms with Crippen LogP contribution in [0.1, 0.15) is 44.0 Å². The fourth-order valence-corrected chi connectivity index (χ4v) is 2.91. The van der Waals surface area contributed by atoms with Gasteiger partial charge in [0.15, 0.2) is 0 Å². The Morgan fingerprint density at radius 3 is 2.23 bits per heavy atom. The maximum absolute atomic E-state index is 12.6. The average Bonchev–Trinajstić information content (AvgIpc) is 2.59. The Hall–Kier alpha value is -3.01. The Balaban J connectivity index is 2.51. The van der Waals surface area contributed by atoms with Crippen LogP contribution >= 0.6 is 11.6 Å². The minimum Gasteiger partial charge on any atom is -0.444 e. The van der Waals surface area contributed by atoms with Gasteiger partial charge in [0.05, 0.1) is 0 Å². The van der Waals surface area contributed by atoms with E-state index >= 15 is 0 Å². The summed E-state index contributed by atoms with van der Waals surface area (Å²) in [6, 6.07) is 7.34. The molecule has 7 nitrogen and oxygen atoms in total. The number of nitrogens with one attached hydrogen (secondary N) is 1. The standard InChI is InChI=1S/C20H20ClF3N2O5/c1-19(2,3)31-18(27)25-16(13-5-4-6-15(11-13)30-20(22,23)24)17(26(28)29)12-7-9-14(21)10-8-12/h4-11,16-17H,1-3H3,(H,25,27)/t16-,17+/m0/s1. The SMILES string of the molecule is CC(C)(C)OC(=O)N[C@@H](c1cccc(OC(F)(F)F)c1)[C@@H](c1ccc(Cl)cc1)[N+](=O)[O-]. The van der Waals surface area contributed by atoms with Gasteiger partial charge < -0.3 is 14.8 Å². The zero-order valence-corrected chi connectivity index (χ0v) is 17.5. The van der Waals surface area contributed by atoms with Gasteiger partial charge in [0.25, 0.3) is 6.04 Å². The van der Waals surface area contributed by atoms with Gasteiger partial charge in [0.1, 0.15) is 17.4 Å². The number of alkyl halides is 3. The van der Waals surface area contributed by atoms with Crippen molar-refractivity contribution < 1.29 is 32.4 Å². The van der Waals surface area contributed by atoms with Gasteiger partial charge in [-0.05, 0) is 50.6 Å². The summed E-state index contributed by atoms with van der Waals surface area (Å²) in [7, 11) is 0. The van der Waals surface area contributed by atoms with Crippen molar-refractivity contribution in [2.75, 3.05) is 0 Å². The molecule has 0 spiro atoms. The number of benzene rings is 2. The third-order valence-electron chi connectivity index (χ3n) is 3.88. The molecule has 0 heterocycles. The summed E-state index contributed by atoms with van der Waals surface area (Å²) in [5.74, 6) is -0.584. The molecule has 168 valence electrons. The van der Waals surface area contributed by atoms with Crippen LogP contribution in [0, 0.1) is 10.1 Å². The van der Waals surface area contributed by atoms with Crippen molar-refractivity contribution in [2.45, 2.75) is 44.8 Å². The summed E-state index contributed by atoms with van der Waals surface area (Å²) < 4.78 is 47.0. The molecular formula is C20H20ClF3N2O5. The van der Waals surface area contributed by atoms with Gasteiger partial charge in [-0.15, -0.1) is 13.2 Å². The highest BCUT2D eigenvalue weighted by molar-refractivity contribution is 6.30. The van der Waals surface area contributed by atoms with Crippen molar-refractivity contribution in [1.29, 1.82) is 0 Å². The van der Waals surface area contributed by atoms with Crippen molar-refractivity contribution in [1.82, 2.24) is 5.32 Å². The van der Waals surface area contributed by atoms with E-state index < -0.39 is 40.8 Å². The first-order chi connectivity index (χ1) is 14.2. The number of ether oxygens (including phenoxy) is 2. The number of nitrogens with zero attached hydrogens (tertiary/aromatic N) is 1. The van der Waals surface area contributed by atoms with E-state index in [1.54, 1.807) is 20.8 Å². The Labute approximate surface area is 181 Å². The Bertz CT molecular complexity index is 930. The highest BCUT2D eigenvalue weighted by Crippen LogP contribution is 2.35. The van der Waals surface area contributed by atoms with Gasteiger partial charge in [-0.2, -0.15) is 0 Å². The smallest absolute Gasteiger partial charge is 0.444 e. The van der Waals surface area contributed by atoms with Crippen LogP contribution in [0.15, 0.2) is 48.5 Å². The number of hydrogen-bond donors (Lipinski definition) is 1. The van der Waals surface area contributed by atoms with Gasteiger partial charge in [0.2, 0.25) is 0 Å². The van der Waals surface area contributed by atoms with Gasteiger partial charge >= 0.3 is 12.5 Å². The molecule has 0 saturated heterocycles. The molecule has 0 fully saturated rings. The Morgan fingerprint density at radius 2 is 1.71 bits per heavy atom. The average molecular weight is 461 g/mol. The molecule has 0 aliphatic carbocycles. The molecule has 0 saturated carbocycles. The van der Waals surface area contributed by atoms with Gasteiger partial charge in [0, 0.05) is 15.5 Å². The monoisotopic (exact) mass is 460 g/mol. The number of nitro groups is 1. The first kappa shape index (κ1) is 24.3. The summed E-state index contributed by atoms with van der Waals surface area (Å²) in [6.45, 7) is 4.80. The molecule has 0 bridgehead atoms. The van der Waals surface area contributed by atoms with Crippen LogP contribution in [0.25, 0.3) is 0 Å². The number of carbonyl (C=O) groups is 1. The maximum atomic E-state index is 12.6. The zero-order chi connectivity index (χ0) is 23.4. The number of hydrogen-bond acceptors (Lipinski definition) is 5. The zero-order valence-electron chi connectivity index (χ0n) is 16.8. The minimum absolute atomic E-state index is 0.0178. The van der Waals surface area contributed by atoms with Crippen LogP contribution in [0.5, 0.6) is 5.75 Å². The van der Waals surface area contributed by atoms with Crippen LogP contribution in [-0.2, 0) is 4.74 Å². The van der Waals surface area contributed by atoms with Gasteiger partial charge in [-0.1, -0.05) is 35.9 Å². The van der Waals surface area contributed by atoms with Crippen molar-refractivity contribution in [3.8, 4) is 5.75 Å². The van der Waals surface area contributed by atoms with Crippen molar-refractivity contribution in [3.05, 3.63) is 74.8 Å². The largest absolute Gasteiger partial charge is 0.573 e. The molecule has 2 aromatic carbocycles. The Morgan fingerprint density at radius 1 is 1.10 bits per heavy atom. The molecule has 0 aliphatic rings. The van der Waals surface area contributed by atoms with E-state index in [9.17, 15) is 28.1 Å². The lowest BCUT2D eigenvalue weighted by Crippen LogP contribution is -2.39. The van der Waals surface area contributed by atoms with E-state index in [0.29, 0.717) is 5.02 Å². The lowest BCUT2D eigenvalue weighted by Gasteiger charge is -2.26. The molecule has 0 aromatic heterocycles. The molecule has 1 amide bonds. The second-order valence-corrected chi connectivity index (χ2v) is 7.96.